The second kappa shape index (κ2) is 57.9. The summed E-state index contributed by atoms with van der Waals surface area (Å²) in [6.45, 7) is 6.42. The molecule has 0 aliphatic rings. The van der Waals surface area contributed by atoms with Gasteiger partial charge in [-0.05, 0) is 103 Å². The summed E-state index contributed by atoms with van der Waals surface area (Å²) in [4.78, 5) is 38.1. The Morgan fingerprint density at radius 3 is 1.01 bits per heavy atom. The van der Waals surface area contributed by atoms with Gasteiger partial charge in [-0.25, -0.2) is 0 Å². The predicted molar refractivity (Wildman–Crippen MR) is 302 cm³/mol. The average molecular weight is 974 g/mol. The number of esters is 3. The van der Waals surface area contributed by atoms with E-state index in [1.54, 1.807) is 6.08 Å². The Labute approximate surface area is 432 Å². The number of unbranched alkanes of at least 4 members (excludes halogenated alkanes) is 26. The highest BCUT2D eigenvalue weighted by atomic mass is 16.6. The SMILES string of the molecule is CC/C=C\C/C=C\C/C=C\C/C=C\C/C=C\CC(=O)OCC(COC(=O)CCCCCCCCCCC/C=C\C/C=C\CCCCCCC)OC(=O)CCCCCCC/C=C\CCCCCCCCC. The number of rotatable bonds is 52. The molecule has 6 heteroatoms. The molecular formula is C64H108O6. The second-order valence-electron chi connectivity index (χ2n) is 19.2. The molecule has 6 nitrogen and oxygen atoms in total. The Hall–Kier alpha value is -3.67. The van der Waals surface area contributed by atoms with Gasteiger partial charge in [-0.1, -0.05) is 246 Å². The van der Waals surface area contributed by atoms with Crippen LogP contribution in [-0.4, -0.2) is 37.2 Å². The van der Waals surface area contributed by atoms with E-state index in [-0.39, 0.29) is 31.6 Å². The highest BCUT2D eigenvalue weighted by molar-refractivity contribution is 5.72. The van der Waals surface area contributed by atoms with Crippen LogP contribution < -0.4 is 0 Å². The van der Waals surface area contributed by atoms with Crippen molar-refractivity contribution in [3.63, 3.8) is 0 Å². The van der Waals surface area contributed by atoms with Crippen LogP contribution >= 0.6 is 0 Å². The van der Waals surface area contributed by atoms with E-state index in [2.05, 4.69) is 106 Å². The zero-order valence-electron chi connectivity index (χ0n) is 45.8. The van der Waals surface area contributed by atoms with Gasteiger partial charge >= 0.3 is 17.9 Å². The summed E-state index contributed by atoms with van der Waals surface area (Å²) in [5.74, 6) is -1.06. The summed E-state index contributed by atoms with van der Waals surface area (Å²) >= 11 is 0. The van der Waals surface area contributed by atoms with E-state index in [1.165, 1.54) is 141 Å². The summed E-state index contributed by atoms with van der Waals surface area (Å²) in [7, 11) is 0. The van der Waals surface area contributed by atoms with E-state index in [1.807, 2.05) is 6.08 Å². The van der Waals surface area contributed by atoms with E-state index < -0.39 is 12.1 Å². The normalized spacial score (nSPS) is 12.8. The van der Waals surface area contributed by atoms with Crippen molar-refractivity contribution >= 4 is 17.9 Å². The van der Waals surface area contributed by atoms with Gasteiger partial charge in [0.25, 0.3) is 0 Å². The molecule has 400 valence electrons. The van der Waals surface area contributed by atoms with Gasteiger partial charge in [0.05, 0.1) is 6.42 Å². The van der Waals surface area contributed by atoms with Gasteiger partial charge in [0.15, 0.2) is 6.10 Å². The Balaban J connectivity index is 4.47. The lowest BCUT2D eigenvalue weighted by molar-refractivity contribution is -0.166. The molecule has 0 aromatic rings. The molecule has 0 rings (SSSR count). The average Bonchev–Trinajstić information content (AvgIpc) is 3.36. The zero-order valence-corrected chi connectivity index (χ0v) is 45.8. The van der Waals surface area contributed by atoms with Crippen LogP contribution in [-0.2, 0) is 28.6 Å². The van der Waals surface area contributed by atoms with Crippen LogP contribution in [0.25, 0.3) is 0 Å². The molecule has 70 heavy (non-hydrogen) atoms. The molecule has 0 spiro atoms. The fourth-order valence-electron chi connectivity index (χ4n) is 7.95. The van der Waals surface area contributed by atoms with Crippen molar-refractivity contribution in [1.29, 1.82) is 0 Å². The van der Waals surface area contributed by atoms with Crippen LogP contribution in [0.3, 0.4) is 0 Å². The molecule has 0 aromatic heterocycles. The molecule has 0 saturated heterocycles. The van der Waals surface area contributed by atoms with Crippen LogP contribution in [0.15, 0.2) is 97.2 Å². The largest absolute Gasteiger partial charge is 0.462 e. The van der Waals surface area contributed by atoms with Gasteiger partial charge in [0.2, 0.25) is 0 Å². The lowest BCUT2D eigenvalue weighted by Crippen LogP contribution is -2.30. The Morgan fingerprint density at radius 2 is 0.614 bits per heavy atom. The first kappa shape index (κ1) is 66.3. The van der Waals surface area contributed by atoms with Crippen LogP contribution in [0.1, 0.15) is 271 Å². The maximum atomic E-state index is 12.8. The fourth-order valence-corrected chi connectivity index (χ4v) is 7.95. The van der Waals surface area contributed by atoms with Crippen molar-refractivity contribution < 1.29 is 28.6 Å². The Morgan fingerprint density at radius 1 is 0.314 bits per heavy atom. The first-order valence-electron chi connectivity index (χ1n) is 29.2. The van der Waals surface area contributed by atoms with Gasteiger partial charge in [0, 0.05) is 12.8 Å². The van der Waals surface area contributed by atoms with Crippen molar-refractivity contribution in [1.82, 2.24) is 0 Å². The summed E-state index contributed by atoms with van der Waals surface area (Å²) < 4.78 is 16.8. The standard InChI is InChI=1S/C64H108O6/c1-4-7-10-13-16-19-22-25-28-30-31-32-33-34-37-39-42-45-48-51-54-57-63(66)69-60-61(59-68-62(65)56-53-50-47-44-41-38-35-27-24-21-18-15-12-9-6-3)70-64(67)58-55-52-49-46-43-40-36-29-26-23-20-17-14-11-8-5-2/h9,12,18,21-22,25,27,29-31,35-36,41,44,50,53,61H,4-8,10-11,13-17,19-20,23-24,26,28,32-34,37-40,42-43,45-49,51-52,54-60H2,1-3H3/b12-9-,21-18-,25-22-,31-30-,35-27-,36-29-,44-41-,53-50-. The molecule has 0 radical (unpaired) electrons. The van der Waals surface area contributed by atoms with E-state index in [4.69, 9.17) is 14.2 Å². The molecular weight excluding hydrogens is 865 g/mol. The molecule has 0 aromatic carbocycles. The minimum absolute atomic E-state index is 0.113. The Kier molecular flexibility index (Phi) is 54.9. The number of hydrogen-bond acceptors (Lipinski definition) is 6. The third-order valence-corrected chi connectivity index (χ3v) is 12.3. The molecule has 0 bridgehead atoms. The van der Waals surface area contributed by atoms with Crippen LogP contribution in [0.5, 0.6) is 0 Å². The fraction of sp³-hybridized carbons (Fsp3) is 0.703. The maximum absolute atomic E-state index is 12.8. The lowest BCUT2D eigenvalue weighted by atomic mass is 10.1. The molecule has 0 amide bonds. The van der Waals surface area contributed by atoms with Crippen LogP contribution in [0.4, 0.5) is 0 Å². The number of carbonyl (C=O) groups excluding carboxylic acids is 3. The maximum Gasteiger partial charge on any atom is 0.309 e. The first-order chi connectivity index (χ1) is 34.5. The minimum atomic E-state index is -0.825. The third-order valence-electron chi connectivity index (χ3n) is 12.3. The summed E-state index contributed by atoms with van der Waals surface area (Å²) in [6, 6.07) is 0. The third kappa shape index (κ3) is 55.3. The first-order valence-corrected chi connectivity index (χ1v) is 29.2. The zero-order chi connectivity index (χ0) is 50.7. The molecule has 0 N–H and O–H groups in total. The van der Waals surface area contributed by atoms with Gasteiger partial charge in [-0.3, -0.25) is 14.4 Å². The van der Waals surface area contributed by atoms with Crippen molar-refractivity contribution in [2.75, 3.05) is 13.2 Å². The van der Waals surface area contributed by atoms with Crippen molar-refractivity contribution in [2.24, 2.45) is 0 Å². The highest BCUT2D eigenvalue weighted by Gasteiger charge is 2.19. The van der Waals surface area contributed by atoms with E-state index in [0.29, 0.717) is 12.8 Å². The van der Waals surface area contributed by atoms with E-state index in [9.17, 15) is 14.4 Å². The summed E-state index contributed by atoms with van der Waals surface area (Å²) in [5, 5.41) is 0. The van der Waals surface area contributed by atoms with E-state index in [0.717, 1.165) is 89.9 Å². The number of hydrogen-bond donors (Lipinski definition) is 0. The highest BCUT2D eigenvalue weighted by Crippen LogP contribution is 2.15. The molecule has 0 fully saturated rings. The molecule has 0 saturated carbocycles. The van der Waals surface area contributed by atoms with Gasteiger partial charge < -0.3 is 14.2 Å². The molecule has 0 heterocycles. The van der Waals surface area contributed by atoms with Crippen LogP contribution in [0.2, 0.25) is 0 Å². The smallest absolute Gasteiger partial charge is 0.309 e. The predicted octanol–water partition coefficient (Wildman–Crippen LogP) is 19.7. The molecule has 1 atom stereocenters. The monoisotopic (exact) mass is 973 g/mol. The molecule has 0 aliphatic carbocycles. The lowest BCUT2D eigenvalue weighted by Gasteiger charge is -2.18. The topological polar surface area (TPSA) is 78.9 Å². The molecule has 0 aliphatic heterocycles. The Bertz CT molecular complexity index is 1400. The quantitative estimate of drug-likeness (QED) is 0.0262. The van der Waals surface area contributed by atoms with Gasteiger partial charge in [-0.15, -0.1) is 0 Å². The van der Waals surface area contributed by atoms with Gasteiger partial charge in [-0.2, -0.15) is 0 Å². The van der Waals surface area contributed by atoms with Gasteiger partial charge in [0.1, 0.15) is 13.2 Å². The minimum Gasteiger partial charge on any atom is -0.462 e. The summed E-state index contributed by atoms with van der Waals surface area (Å²) in [5.41, 5.74) is 0. The van der Waals surface area contributed by atoms with Crippen molar-refractivity contribution in [3.05, 3.63) is 97.2 Å². The van der Waals surface area contributed by atoms with Crippen LogP contribution in [0, 0.1) is 0 Å². The van der Waals surface area contributed by atoms with Crippen molar-refractivity contribution in [2.45, 2.75) is 277 Å². The summed E-state index contributed by atoms with van der Waals surface area (Å²) in [6.07, 6.45) is 77.1. The second-order valence-corrected chi connectivity index (χ2v) is 19.2. The molecule has 1 unspecified atom stereocenters. The van der Waals surface area contributed by atoms with Crippen molar-refractivity contribution in [3.8, 4) is 0 Å². The van der Waals surface area contributed by atoms with E-state index >= 15 is 0 Å². The number of ether oxygens (including phenoxy) is 3. The number of carbonyl (C=O) groups is 3. The number of allylic oxidation sites excluding steroid dienone is 15.